The summed E-state index contributed by atoms with van der Waals surface area (Å²) in [7, 11) is 0. The maximum absolute atomic E-state index is 13.2. The fourth-order valence-electron chi connectivity index (χ4n) is 3.77. The molecule has 10 heteroatoms. The smallest absolute Gasteiger partial charge is 0.416 e. The standard InChI is InChI=1S/C25H27F3N2O5/c1-2-34-24(33)23(32)19-7-9-20(10-8-19)35-17-22(31)30-15-13-29(14-16-30)12-11-18-5-3-4-6-21(18)25(26,27)28/h3-10H,2,11-17H2,1H3. The van der Waals surface area contributed by atoms with Crippen molar-refractivity contribution in [1.82, 2.24) is 9.80 Å². The number of halogens is 3. The Hall–Kier alpha value is -3.40. The van der Waals surface area contributed by atoms with E-state index in [0.717, 1.165) is 6.07 Å². The molecule has 0 aliphatic carbocycles. The molecule has 2 aromatic carbocycles. The van der Waals surface area contributed by atoms with Gasteiger partial charge in [-0.3, -0.25) is 14.5 Å². The predicted octanol–water partition coefficient (Wildman–Crippen LogP) is 3.22. The van der Waals surface area contributed by atoms with Crippen molar-refractivity contribution in [3.8, 4) is 5.75 Å². The van der Waals surface area contributed by atoms with E-state index in [1.54, 1.807) is 17.9 Å². The van der Waals surface area contributed by atoms with Gasteiger partial charge in [-0.2, -0.15) is 13.2 Å². The molecule has 7 nitrogen and oxygen atoms in total. The number of Topliss-reactive ketones (excluding diaryl/α,β-unsaturated/α-hetero) is 1. The highest BCUT2D eigenvalue weighted by Crippen LogP contribution is 2.32. The van der Waals surface area contributed by atoms with Gasteiger partial charge in [0.25, 0.3) is 11.7 Å². The zero-order valence-electron chi connectivity index (χ0n) is 19.3. The number of nitrogens with zero attached hydrogens (tertiary/aromatic N) is 2. The van der Waals surface area contributed by atoms with Gasteiger partial charge < -0.3 is 14.4 Å². The highest BCUT2D eigenvalue weighted by molar-refractivity contribution is 6.40. The number of rotatable bonds is 9. The molecule has 0 bridgehead atoms. The molecular weight excluding hydrogens is 465 g/mol. The first-order valence-electron chi connectivity index (χ1n) is 11.3. The number of carbonyl (C=O) groups is 3. The summed E-state index contributed by atoms with van der Waals surface area (Å²) < 4.78 is 49.7. The van der Waals surface area contributed by atoms with E-state index in [2.05, 4.69) is 4.74 Å². The summed E-state index contributed by atoms with van der Waals surface area (Å²) in [5.41, 5.74) is -0.178. The number of hydrogen-bond donors (Lipinski definition) is 0. The lowest BCUT2D eigenvalue weighted by Crippen LogP contribution is -2.50. The Morgan fingerprint density at radius 1 is 0.943 bits per heavy atom. The number of piperazine rings is 1. The van der Waals surface area contributed by atoms with Gasteiger partial charge in [0.05, 0.1) is 12.2 Å². The Kier molecular flexibility index (Phi) is 8.86. The number of hydrogen-bond acceptors (Lipinski definition) is 6. The minimum absolute atomic E-state index is 0.105. The summed E-state index contributed by atoms with van der Waals surface area (Å²) in [6, 6.07) is 11.4. The van der Waals surface area contributed by atoms with E-state index in [1.165, 1.54) is 36.4 Å². The van der Waals surface area contributed by atoms with Gasteiger partial charge in [-0.05, 0) is 49.2 Å². The lowest BCUT2D eigenvalue weighted by Gasteiger charge is -2.34. The van der Waals surface area contributed by atoms with E-state index >= 15 is 0 Å². The van der Waals surface area contributed by atoms with Gasteiger partial charge in [-0.25, -0.2) is 4.79 Å². The Labute approximate surface area is 201 Å². The SMILES string of the molecule is CCOC(=O)C(=O)c1ccc(OCC(=O)N2CCN(CCc3ccccc3C(F)(F)F)CC2)cc1. The zero-order valence-corrected chi connectivity index (χ0v) is 19.3. The van der Waals surface area contributed by atoms with Crippen LogP contribution in [-0.2, 0) is 26.9 Å². The van der Waals surface area contributed by atoms with E-state index in [0.29, 0.717) is 38.5 Å². The molecule has 188 valence electrons. The first-order valence-corrected chi connectivity index (χ1v) is 11.3. The van der Waals surface area contributed by atoms with Gasteiger partial charge in [0.15, 0.2) is 6.61 Å². The van der Waals surface area contributed by atoms with Crippen molar-refractivity contribution in [2.24, 2.45) is 0 Å². The molecule has 1 aliphatic rings. The van der Waals surface area contributed by atoms with E-state index < -0.39 is 23.5 Å². The van der Waals surface area contributed by atoms with Crippen LogP contribution in [0.4, 0.5) is 13.2 Å². The Bertz CT molecular complexity index is 1030. The summed E-state index contributed by atoms with van der Waals surface area (Å²) in [5, 5.41) is 0. The third-order valence-electron chi connectivity index (χ3n) is 5.68. The molecule has 0 saturated carbocycles. The molecular formula is C25H27F3N2O5. The zero-order chi connectivity index (χ0) is 25.4. The molecule has 35 heavy (non-hydrogen) atoms. The lowest BCUT2D eigenvalue weighted by molar-refractivity contribution is -0.138. The molecule has 0 spiro atoms. The number of ether oxygens (including phenoxy) is 2. The van der Waals surface area contributed by atoms with Crippen molar-refractivity contribution in [2.45, 2.75) is 19.5 Å². The van der Waals surface area contributed by atoms with Crippen LogP contribution in [-0.4, -0.2) is 73.4 Å². The fourth-order valence-corrected chi connectivity index (χ4v) is 3.77. The van der Waals surface area contributed by atoms with Crippen molar-refractivity contribution in [1.29, 1.82) is 0 Å². The van der Waals surface area contributed by atoms with Gasteiger partial charge in [0, 0.05) is 38.3 Å². The van der Waals surface area contributed by atoms with Crippen LogP contribution in [0, 0.1) is 0 Å². The van der Waals surface area contributed by atoms with E-state index in [1.807, 2.05) is 4.90 Å². The van der Waals surface area contributed by atoms with Crippen LogP contribution in [0.25, 0.3) is 0 Å². The molecule has 1 saturated heterocycles. The first kappa shape index (κ1) is 26.2. The largest absolute Gasteiger partial charge is 0.484 e. The molecule has 1 heterocycles. The monoisotopic (exact) mass is 492 g/mol. The van der Waals surface area contributed by atoms with Crippen LogP contribution in [0.1, 0.15) is 28.4 Å². The molecule has 2 aromatic rings. The van der Waals surface area contributed by atoms with Crippen LogP contribution in [0.2, 0.25) is 0 Å². The van der Waals surface area contributed by atoms with Gasteiger partial charge in [0.2, 0.25) is 0 Å². The number of esters is 1. The summed E-state index contributed by atoms with van der Waals surface area (Å²) >= 11 is 0. The molecule has 1 fully saturated rings. The number of amides is 1. The van der Waals surface area contributed by atoms with Crippen LogP contribution in [0.5, 0.6) is 5.75 Å². The molecule has 0 N–H and O–H groups in total. The number of benzene rings is 2. The van der Waals surface area contributed by atoms with Crippen LogP contribution < -0.4 is 4.74 Å². The highest BCUT2D eigenvalue weighted by atomic mass is 19.4. The number of carbonyl (C=O) groups excluding carboxylic acids is 3. The van der Waals surface area contributed by atoms with Gasteiger partial charge in [0.1, 0.15) is 5.75 Å². The molecule has 0 unspecified atom stereocenters. The molecule has 0 radical (unpaired) electrons. The summed E-state index contributed by atoms with van der Waals surface area (Å²) in [5.74, 6) is -1.52. The Balaban J connectivity index is 1.42. The Morgan fingerprint density at radius 3 is 2.23 bits per heavy atom. The van der Waals surface area contributed by atoms with E-state index in [-0.39, 0.29) is 36.7 Å². The summed E-state index contributed by atoms with van der Waals surface area (Å²) in [4.78, 5) is 39.6. The molecule has 3 rings (SSSR count). The van der Waals surface area contributed by atoms with Crippen molar-refractivity contribution in [3.05, 3.63) is 65.2 Å². The fraction of sp³-hybridized carbons (Fsp3) is 0.400. The maximum atomic E-state index is 13.2. The lowest BCUT2D eigenvalue weighted by atomic mass is 10.0. The highest BCUT2D eigenvalue weighted by Gasteiger charge is 2.33. The van der Waals surface area contributed by atoms with Crippen molar-refractivity contribution in [2.75, 3.05) is 45.9 Å². The molecule has 0 aromatic heterocycles. The third-order valence-corrected chi connectivity index (χ3v) is 5.68. The van der Waals surface area contributed by atoms with E-state index in [4.69, 9.17) is 4.74 Å². The molecule has 1 aliphatic heterocycles. The van der Waals surface area contributed by atoms with Crippen LogP contribution in [0.3, 0.4) is 0 Å². The number of alkyl halides is 3. The van der Waals surface area contributed by atoms with Gasteiger partial charge >= 0.3 is 12.1 Å². The molecule has 0 atom stereocenters. The van der Waals surface area contributed by atoms with E-state index in [9.17, 15) is 27.6 Å². The summed E-state index contributed by atoms with van der Waals surface area (Å²) in [6.07, 6.45) is -4.10. The average molecular weight is 492 g/mol. The van der Waals surface area contributed by atoms with Crippen LogP contribution >= 0.6 is 0 Å². The normalized spacial score (nSPS) is 14.5. The third kappa shape index (κ3) is 7.29. The maximum Gasteiger partial charge on any atom is 0.416 e. The predicted molar refractivity (Wildman–Crippen MR) is 121 cm³/mol. The van der Waals surface area contributed by atoms with Crippen molar-refractivity contribution in [3.63, 3.8) is 0 Å². The van der Waals surface area contributed by atoms with Crippen LogP contribution in [0.15, 0.2) is 48.5 Å². The van der Waals surface area contributed by atoms with Gasteiger partial charge in [-0.15, -0.1) is 0 Å². The quantitative estimate of drug-likeness (QED) is 0.304. The minimum atomic E-state index is -4.38. The topological polar surface area (TPSA) is 76.2 Å². The van der Waals surface area contributed by atoms with Crippen molar-refractivity contribution < 1.29 is 37.0 Å². The average Bonchev–Trinajstić information content (AvgIpc) is 2.86. The minimum Gasteiger partial charge on any atom is -0.484 e. The molecule has 1 amide bonds. The second kappa shape index (κ2) is 11.8. The Morgan fingerprint density at radius 2 is 1.60 bits per heavy atom. The van der Waals surface area contributed by atoms with Gasteiger partial charge in [-0.1, -0.05) is 18.2 Å². The summed E-state index contributed by atoms with van der Waals surface area (Å²) in [6.45, 7) is 4.03. The number of ketones is 1. The second-order valence-corrected chi connectivity index (χ2v) is 7.99. The second-order valence-electron chi connectivity index (χ2n) is 7.99. The van der Waals surface area contributed by atoms with Crippen molar-refractivity contribution >= 4 is 17.7 Å². The first-order chi connectivity index (χ1) is 16.7.